The Bertz CT molecular complexity index is 840. The molecule has 41 heavy (non-hydrogen) atoms. The number of esters is 7. The Kier molecular flexibility index (Phi) is 20.2. The molecule has 0 spiro atoms. The van der Waals surface area contributed by atoms with Crippen molar-refractivity contribution in [2.75, 3.05) is 39.6 Å². The zero-order chi connectivity index (χ0) is 32.1. The molecule has 15 heteroatoms. The normalized spacial score (nSPS) is 10.6. The van der Waals surface area contributed by atoms with Gasteiger partial charge in [-0.15, -0.1) is 0 Å². The molecular formula is C26H42O15. The van der Waals surface area contributed by atoms with Gasteiger partial charge in [0.25, 0.3) is 0 Å². The molecule has 0 aromatic carbocycles. The molecule has 0 atom stereocenters. The lowest BCUT2D eigenvalue weighted by atomic mass is 9.95. The Hall–Kier alpha value is -3.75. The molecule has 0 radical (unpaired) electrons. The van der Waals surface area contributed by atoms with E-state index in [-0.39, 0.29) is 39.6 Å². The standard InChI is InChI=1S/C14H22O8.C12H20O7/c1-5-19-11(16)8-14(22-10(4)15,13(18)21-7-3)9-12(17)20-6-2;1-4-17-9(13)7-12(16,11(15)19-6-3)8-10(14)18-5-2/h5-9H2,1-4H3;16H,4-8H2,1-3H3. The number of rotatable bonds is 17. The molecule has 15 nitrogen and oxygen atoms in total. The van der Waals surface area contributed by atoms with E-state index in [0.717, 1.165) is 6.92 Å². The maximum absolute atomic E-state index is 12.2. The second-order valence-electron chi connectivity index (χ2n) is 7.99. The number of carbonyl (C=O) groups is 7. The fourth-order valence-corrected chi connectivity index (χ4v) is 3.12. The molecule has 0 amide bonds. The van der Waals surface area contributed by atoms with Crippen molar-refractivity contribution in [2.45, 2.75) is 85.4 Å². The lowest BCUT2D eigenvalue weighted by Crippen LogP contribution is -2.48. The summed E-state index contributed by atoms with van der Waals surface area (Å²) >= 11 is 0. The minimum Gasteiger partial charge on any atom is -0.466 e. The molecule has 0 rings (SSSR count). The van der Waals surface area contributed by atoms with Crippen molar-refractivity contribution in [3.63, 3.8) is 0 Å². The Labute approximate surface area is 239 Å². The topological polar surface area (TPSA) is 204 Å². The van der Waals surface area contributed by atoms with E-state index >= 15 is 0 Å². The highest BCUT2D eigenvalue weighted by Gasteiger charge is 2.48. The summed E-state index contributed by atoms with van der Waals surface area (Å²) in [5.74, 6) is -6.03. The molecular weight excluding hydrogens is 552 g/mol. The summed E-state index contributed by atoms with van der Waals surface area (Å²) in [4.78, 5) is 81.3. The van der Waals surface area contributed by atoms with Gasteiger partial charge in [0, 0.05) is 6.92 Å². The second-order valence-corrected chi connectivity index (χ2v) is 7.99. The van der Waals surface area contributed by atoms with Gasteiger partial charge in [-0.3, -0.25) is 24.0 Å². The summed E-state index contributed by atoms with van der Waals surface area (Å²) in [6.07, 6.45) is -2.56. The van der Waals surface area contributed by atoms with Crippen LogP contribution in [0.1, 0.15) is 74.1 Å². The highest BCUT2D eigenvalue weighted by Crippen LogP contribution is 2.25. The highest BCUT2D eigenvalue weighted by molar-refractivity contribution is 5.92. The van der Waals surface area contributed by atoms with Crippen LogP contribution in [0.2, 0.25) is 0 Å². The van der Waals surface area contributed by atoms with Gasteiger partial charge in [-0.05, 0) is 41.5 Å². The lowest BCUT2D eigenvalue weighted by molar-refractivity contribution is -0.190. The summed E-state index contributed by atoms with van der Waals surface area (Å²) in [6, 6.07) is 0. The third-order valence-electron chi connectivity index (χ3n) is 4.60. The predicted molar refractivity (Wildman–Crippen MR) is 138 cm³/mol. The summed E-state index contributed by atoms with van der Waals surface area (Å²) in [6.45, 7) is 10.9. The van der Waals surface area contributed by atoms with Crippen molar-refractivity contribution in [1.82, 2.24) is 0 Å². The zero-order valence-electron chi connectivity index (χ0n) is 24.7. The molecule has 0 aliphatic carbocycles. The minimum absolute atomic E-state index is 0.00645. The average molecular weight is 595 g/mol. The monoisotopic (exact) mass is 594 g/mol. The average Bonchev–Trinajstić information content (AvgIpc) is 2.84. The van der Waals surface area contributed by atoms with Gasteiger partial charge in [0.05, 0.1) is 65.3 Å². The summed E-state index contributed by atoms with van der Waals surface area (Å²) in [5, 5.41) is 10.1. The molecule has 1 N–H and O–H groups in total. The van der Waals surface area contributed by atoms with Gasteiger partial charge in [-0.2, -0.15) is 0 Å². The molecule has 0 aliphatic heterocycles. The maximum Gasteiger partial charge on any atom is 0.351 e. The molecule has 0 aromatic heterocycles. The van der Waals surface area contributed by atoms with E-state index in [2.05, 4.69) is 14.2 Å². The van der Waals surface area contributed by atoms with Crippen LogP contribution in [-0.4, -0.2) is 97.7 Å². The van der Waals surface area contributed by atoms with Gasteiger partial charge in [0.15, 0.2) is 5.60 Å². The van der Waals surface area contributed by atoms with Crippen LogP contribution in [0.3, 0.4) is 0 Å². The van der Waals surface area contributed by atoms with Gasteiger partial charge in [-0.1, -0.05) is 0 Å². The van der Waals surface area contributed by atoms with Crippen LogP contribution in [0.4, 0.5) is 0 Å². The Balaban J connectivity index is 0. The van der Waals surface area contributed by atoms with E-state index in [1.807, 2.05) is 0 Å². The summed E-state index contributed by atoms with van der Waals surface area (Å²) in [5.41, 5.74) is -4.34. The van der Waals surface area contributed by atoms with Gasteiger partial charge in [-0.25, -0.2) is 9.59 Å². The number of hydrogen-bond donors (Lipinski definition) is 1. The van der Waals surface area contributed by atoms with Crippen LogP contribution in [-0.2, 0) is 66.7 Å². The van der Waals surface area contributed by atoms with Crippen molar-refractivity contribution in [1.29, 1.82) is 0 Å². The SMILES string of the molecule is CCOC(=O)CC(CC(=O)OCC)(OC(C)=O)C(=O)OCC.CCOC(=O)CC(O)(CC(=O)OCC)C(=O)OCC. The van der Waals surface area contributed by atoms with Crippen molar-refractivity contribution < 1.29 is 71.8 Å². The van der Waals surface area contributed by atoms with Crippen molar-refractivity contribution in [2.24, 2.45) is 0 Å². The van der Waals surface area contributed by atoms with E-state index in [4.69, 9.17) is 18.9 Å². The van der Waals surface area contributed by atoms with Crippen LogP contribution < -0.4 is 0 Å². The van der Waals surface area contributed by atoms with E-state index in [1.165, 1.54) is 0 Å². The third kappa shape index (κ3) is 16.2. The quantitative estimate of drug-likeness (QED) is 0.184. The minimum atomic E-state index is -2.26. The summed E-state index contributed by atoms with van der Waals surface area (Å²) < 4.78 is 33.3. The van der Waals surface area contributed by atoms with Gasteiger partial charge >= 0.3 is 41.8 Å². The van der Waals surface area contributed by atoms with Gasteiger partial charge in [0.1, 0.15) is 0 Å². The van der Waals surface area contributed by atoms with E-state index in [1.54, 1.807) is 41.5 Å². The lowest BCUT2D eigenvalue weighted by Gasteiger charge is -2.28. The van der Waals surface area contributed by atoms with Gasteiger partial charge in [0.2, 0.25) is 5.60 Å². The first-order valence-electron chi connectivity index (χ1n) is 13.1. The maximum atomic E-state index is 12.2. The molecule has 0 bridgehead atoms. The van der Waals surface area contributed by atoms with Crippen molar-refractivity contribution in [3.8, 4) is 0 Å². The summed E-state index contributed by atoms with van der Waals surface area (Å²) in [7, 11) is 0. The number of hydrogen-bond acceptors (Lipinski definition) is 15. The Morgan fingerprint density at radius 2 is 0.780 bits per heavy atom. The fourth-order valence-electron chi connectivity index (χ4n) is 3.12. The first-order valence-corrected chi connectivity index (χ1v) is 13.1. The van der Waals surface area contributed by atoms with Crippen LogP contribution in [0.5, 0.6) is 0 Å². The number of carbonyl (C=O) groups excluding carboxylic acids is 7. The van der Waals surface area contributed by atoms with E-state index in [9.17, 15) is 38.7 Å². The molecule has 0 aromatic rings. The Morgan fingerprint density at radius 3 is 1.07 bits per heavy atom. The van der Waals surface area contributed by atoms with E-state index in [0.29, 0.717) is 0 Å². The molecule has 0 heterocycles. The smallest absolute Gasteiger partial charge is 0.351 e. The first-order chi connectivity index (χ1) is 19.2. The predicted octanol–water partition coefficient (Wildman–Crippen LogP) is 0.945. The Morgan fingerprint density at radius 1 is 0.488 bits per heavy atom. The van der Waals surface area contributed by atoms with Crippen molar-refractivity contribution in [3.05, 3.63) is 0 Å². The second kappa shape index (κ2) is 21.1. The number of aliphatic hydroxyl groups is 1. The van der Waals surface area contributed by atoms with Crippen molar-refractivity contribution >= 4 is 41.8 Å². The molecule has 0 unspecified atom stereocenters. The van der Waals surface area contributed by atoms with Crippen LogP contribution in [0.15, 0.2) is 0 Å². The largest absolute Gasteiger partial charge is 0.466 e. The molecule has 0 saturated heterocycles. The van der Waals surface area contributed by atoms with E-state index < -0.39 is 78.7 Å². The zero-order valence-corrected chi connectivity index (χ0v) is 24.7. The highest BCUT2D eigenvalue weighted by atomic mass is 16.6. The van der Waals surface area contributed by atoms with Crippen LogP contribution in [0, 0.1) is 0 Å². The molecule has 0 fully saturated rings. The molecule has 0 saturated carbocycles. The van der Waals surface area contributed by atoms with Crippen LogP contribution in [0.25, 0.3) is 0 Å². The third-order valence-corrected chi connectivity index (χ3v) is 4.60. The fraction of sp³-hybridized carbons (Fsp3) is 0.731. The molecule has 236 valence electrons. The first kappa shape index (κ1) is 39.4. The van der Waals surface area contributed by atoms with Gasteiger partial charge < -0.3 is 38.3 Å². The van der Waals surface area contributed by atoms with Crippen LogP contribution >= 0.6 is 0 Å². The number of ether oxygens (including phenoxy) is 7. The molecule has 0 aliphatic rings.